The van der Waals surface area contributed by atoms with Crippen molar-refractivity contribution in [1.82, 2.24) is 29.1 Å². The van der Waals surface area contributed by atoms with Crippen molar-refractivity contribution >= 4 is 46.5 Å². The highest BCUT2D eigenvalue weighted by atomic mass is 35.5. The zero-order chi connectivity index (χ0) is 24.7. The molecule has 0 aliphatic rings. The molecule has 0 atom stereocenters. The monoisotopic (exact) mass is 516 g/mol. The molecule has 178 valence electrons. The third-order valence-electron chi connectivity index (χ3n) is 5.00. The molecule has 0 aliphatic heterocycles. The van der Waals surface area contributed by atoms with Crippen LogP contribution in [0, 0.1) is 0 Å². The minimum absolute atomic E-state index is 0.0785. The smallest absolute Gasteiger partial charge is 0.381 e. The molecular weight excluding hydrogens is 501 g/mol. The van der Waals surface area contributed by atoms with Gasteiger partial charge >= 0.3 is 6.18 Å². The summed E-state index contributed by atoms with van der Waals surface area (Å²) < 4.78 is 42.3. The lowest BCUT2D eigenvalue weighted by Gasteiger charge is -2.08. The topological polar surface area (TPSA) is 99.0 Å². The number of anilines is 3. The summed E-state index contributed by atoms with van der Waals surface area (Å²) in [6.07, 6.45) is 0.717. The fourth-order valence-corrected chi connectivity index (χ4v) is 4.40. The third kappa shape index (κ3) is 4.75. The van der Waals surface area contributed by atoms with Gasteiger partial charge in [0.1, 0.15) is 0 Å². The van der Waals surface area contributed by atoms with Gasteiger partial charge in [-0.15, -0.1) is 5.10 Å². The Bertz CT molecular complexity index is 1550. The first-order chi connectivity index (χ1) is 16.7. The molecule has 0 unspecified atom stereocenters. The SMILES string of the molecule is Cn1ccnc1Sc1ccc(-c2cn3nc(Nc4cccc(C(F)(F)F)c4)nc3c(N)n2)cc1Cl. The number of nitrogens with two attached hydrogens (primary N) is 1. The number of benzene rings is 2. The highest BCUT2D eigenvalue weighted by Crippen LogP contribution is 2.35. The van der Waals surface area contributed by atoms with Gasteiger partial charge in [0, 0.05) is 35.6 Å². The van der Waals surface area contributed by atoms with Crippen molar-refractivity contribution in [3.05, 3.63) is 71.6 Å². The molecule has 5 rings (SSSR count). The summed E-state index contributed by atoms with van der Waals surface area (Å²) in [6, 6.07) is 10.2. The summed E-state index contributed by atoms with van der Waals surface area (Å²) in [5.41, 5.74) is 6.97. The van der Waals surface area contributed by atoms with E-state index in [-0.39, 0.29) is 23.1 Å². The molecule has 0 aliphatic carbocycles. The van der Waals surface area contributed by atoms with Crippen molar-refractivity contribution in [1.29, 1.82) is 0 Å². The van der Waals surface area contributed by atoms with Crippen molar-refractivity contribution in [3.8, 4) is 11.3 Å². The number of fused-ring (bicyclic) bond motifs is 1. The van der Waals surface area contributed by atoms with Gasteiger partial charge in [0.05, 0.1) is 22.5 Å². The van der Waals surface area contributed by atoms with Crippen LogP contribution in [0.25, 0.3) is 16.9 Å². The Kier molecular flexibility index (Phi) is 5.77. The molecule has 0 saturated heterocycles. The molecule has 2 aromatic carbocycles. The van der Waals surface area contributed by atoms with Crippen LogP contribution in [-0.2, 0) is 13.2 Å². The number of nitrogens with one attached hydrogen (secondary N) is 1. The Hall–Kier alpha value is -3.77. The largest absolute Gasteiger partial charge is 0.416 e. The van der Waals surface area contributed by atoms with Crippen LogP contribution in [0.5, 0.6) is 0 Å². The van der Waals surface area contributed by atoms with E-state index in [0.717, 1.165) is 22.2 Å². The first kappa shape index (κ1) is 23.0. The Balaban J connectivity index is 1.43. The molecule has 0 saturated carbocycles. The van der Waals surface area contributed by atoms with Crippen LogP contribution in [0.4, 0.5) is 30.6 Å². The van der Waals surface area contributed by atoms with Crippen LogP contribution >= 0.6 is 23.4 Å². The second kappa shape index (κ2) is 8.78. The summed E-state index contributed by atoms with van der Waals surface area (Å²) >= 11 is 7.94. The lowest BCUT2D eigenvalue weighted by atomic mass is 10.1. The number of aryl methyl sites for hydroxylation is 1. The minimum atomic E-state index is -4.46. The molecule has 3 heterocycles. The molecule has 8 nitrogen and oxygen atoms in total. The second-order valence-electron chi connectivity index (χ2n) is 7.49. The van der Waals surface area contributed by atoms with Crippen molar-refractivity contribution < 1.29 is 13.2 Å². The summed E-state index contributed by atoms with van der Waals surface area (Å²) in [7, 11) is 1.90. The van der Waals surface area contributed by atoms with Crippen LogP contribution in [0.15, 0.2) is 71.1 Å². The number of alkyl halides is 3. The van der Waals surface area contributed by atoms with E-state index in [4.69, 9.17) is 17.3 Å². The predicted molar refractivity (Wildman–Crippen MR) is 128 cm³/mol. The number of aromatic nitrogens is 6. The van der Waals surface area contributed by atoms with Crippen molar-refractivity contribution in [2.45, 2.75) is 16.2 Å². The summed E-state index contributed by atoms with van der Waals surface area (Å²) in [5, 5.41) is 8.38. The first-order valence-corrected chi connectivity index (χ1v) is 11.3. The molecule has 5 aromatic rings. The highest BCUT2D eigenvalue weighted by molar-refractivity contribution is 7.99. The number of hydrogen-bond acceptors (Lipinski definition) is 7. The normalized spacial score (nSPS) is 11.8. The molecule has 0 spiro atoms. The lowest BCUT2D eigenvalue weighted by molar-refractivity contribution is -0.137. The van der Waals surface area contributed by atoms with Crippen molar-refractivity contribution in [3.63, 3.8) is 0 Å². The predicted octanol–water partition coefficient (Wildman–Crippen LogP) is 5.67. The van der Waals surface area contributed by atoms with Crippen LogP contribution in [0.3, 0.4) is 0 Å². The Morgan fingerprint density at radius 1 is 1.11 bits per heavy atom. The van der Waals surface area contributed by atoms with Crippen molar-refractivity contribution in [2.24, 2.45) is 7.05 Å². The molecule has 0 amide bonds. The van der Waals surface area contributed by atoms with Gasteiger partial charge in [-0.05, 0) is 30.3 Å². The molecular formula is C22H16ClF3N8S. The molecule has 35 heavy (non-hydrogen) atoms. The van der Waals surface area contributed by atoms with E-state index in [1.54, 1.807) is 18.5 Å². The standard InChI is InChI=1S/C22H16ClF3N8S/c1-33-8-7-28-21(33)35-17-6-5-12(9-15(17)23)16-11-34-19(18(27)30-16)31-20(32-34)29-14-4-2-3-13(10-14)22(24,25)26/h2-11H,1H3,(H2,27,30)(H,29,32). The van der Waals surface area contributed by atoms with E-state index < -0.39 is 11.7 Å². The number of imidazole rings is 1. The molecule has 3 N–H and O–H groups in total. The van der Waals surface area contributed by atoms with Gasteiger partial charge in [0.25, 0.3) is 0 Å². The first-order valence-electron chi connectivity index (χ1n) is 10.1. The lowest BCUT2D eigenvalue weighted by Crippen LogP contribution is -2.05. The summed E-state index contributed by atoms with van der Waals surface area (Å²) in [5.74, 6) is 0.185. The quantitative estimate of drug-likeness (QED) is 0.310. The Morgan fingerprint density at radius 2 is 1.94 bits per heavy atom. The van der Waals surface area contributed by atoms with Gasteiger partial charge in [-0.2, -0.15) is 18.2 Å². The molecule has 13 heteroatoms. The third-order valence-corrected chi connectivity index (χ3v) is 6.57. The fourth-order valence-electron chi connectivity index (χ4n) is 3.30. The van der Waals surface area contributed by atoms with E-state index in [1.165, 1.54) is 28.4 Å². The van der Waals surface area contributed by atoms with E-state index in [9.17, 15) is 13.2 Å². The van der Waals surface area contributed by atoms with Gasteiger partial charge in [0.2, 0.25) is 5.95 Å². The summed E-state index contributed by atoms with van der Waals surface area (Å²) in [6.45, 7) is 0. The maximum atomic E-state index is 13.0. The van der Waals surface area contributed by atoms with E-state index in [2.05, 4.69) is 25.4 Å². The number of hydrogen-bond donors (Lipinski definition) is 2. The Labute approximate surface area is 206 Å². The van der Waals surface area contributed by atoms with E-state index >= 15 is 0 Å². The molecule has 0 radical (unpaired) electrons. The van der Waals surface area contributed by atoms with Crippen LogP contribution in [0.1, 0.15) is 5.56 Å². The zero-order valence-corrected chi connectivity index (χ0v) is 19.5. The number of nitrogens with zero attached hydrogens (tertiary/aromatic N) is 6. The van der Waals surface area contributed by atoms with Gasteiger partial charge in [-0.25, -0.2) is 14.5 Å². The van der Waals surface area contributed by atoms with Gasteiger partial charge in [-0.1, -0.05) is 35.5 Å². The number of halogens is 4. The average molecular weight is 517 g/mol. The number of rotatable bonds is 5. The maximum absolute atomic E-state index is 13.0. The van der Waals surface area contributed by atoms with Crippen molar-refractivity contribution in [2.75, 3.05) is 11.1 Å². The van der Waals surface area contributed by atoms with E-state index in [0.29, 0.717) is 16.3 Å². The van der Waals surface area contributed by atoms with E-state index in [1.807, 2.05) is 29.9 Å². The average Bonchev–Trinajstić information content (AvgIpc) is 3.40. The molecule has 0 bridgehead atoms. The van der Waals surface area contributed by atoms with Gasteiger partial charge < -0.3 is 15.6 Å². The summed E-state index contributed by atoms with van der Waals surface area (Å²) in [4.78, 5) is 13.8. The van der Waals surface area contributed by atoms with Gasteiger partial charge in [0.15, 0.2) is 16.6 Å². The van der Waals surface area contributed by atoms with Crippen LogP contribution < -0.4 is 11.1 Å². The Morgan fingerprint density at radius 3 is 2.66 bits per heavy atom. The zero-order valence-electron chi connectivity index (χ0n) is 18.0. The van der Waals surface area contributed by atoms with Gasteiger partial charge in [-0.3, -0.25) is 0 Å². The molecule has 3 aromatic heterocycles. The maximum Gasteiger partial charge on any atom is 0.416 e. The molecule has 0 fully saturated rings. The van der Waals surface area contributed by atoms with Crippen LogP contribution in [-0.4, -0.2) is 29.1 Å². The van der Waals surface area contributed by atoms with Crippen LogP contribution in [0.2, 0.25) is 5.02 Å². The fraction of sp³-hybridized carbons (Fsp3) is 0.0909. The number of nitrogen functional groups attached to an aromatic ring is 1. The minimum Gasteiger partial charge on any atom is -0.381 e. The highest BCUT2D eigenvalue weighted by Gasteiger charge is 2.30. The second-order valence-corrected chi connectivity index (χ2v) is 8.90.